The number of fused-ring (bicyclic) bond motifs is 1. The van der Waals surface area contributed by atoms with E-state index in [9.17, 15) is 9.59 Å². The summed E-state index contributed by atoms with van der Waals surface area (Å²) in [5, 5.41) is 6.90. The van der Waals surface area contributed by atoms with E-state index in [-0.39, 0.29) is 25.0 Å². The molecular formula is C24H26N4O4. The van der Waals surface area contributed by atoms with Crippen molar-refractivity contribution < 1.29 is 19.2 Å². The number of imide groups is 1. The quantitative estimate of drug-likeness (QED) is 0.298. The number of amides is 2. The summed E-state index contributed by atoms with van der Waals surface area (Å²) in [7, 11) is 0. The van der Waals surface area contributed by atoms with Gasteiger partial charge in [-0.1, -0.05) is 35.8 Å². The van der Waals surface area contributed by atoms with Crippen molar-refractivity contribution in [2.24, 2.45) is 10.1 Å². The van der Waals surface area contributed by atoms with Crippen LogP contribution in [0.25, 0.3) is 0 Å². The van der Waals surface area contributed by atoms with Crippen molar-refractivity contribution in [3.63, 3.8) is 0 Å². The summed E-state index contributed by atoms with van der Waals surface area (Å²) in [5.41, 5.74) is 1.72. The topological polar surface area (TPSA) is 92.6 Å². The Kier molecular flexibility index (Phi) is 6.91. The van der Waals surface area contributed by atoms with Gasteiger partial charge in [0.1, 0.15) is 5.75 Å². The van der Waals surface area contributed by atoms with E-state index in [0.717, 1.165) is 18.5 Å². The Morgan fingerprint density at radius 3 is 2.41 bits per heavy atom. The molecule has 0 saturated carbocycles. The van der Waals surface area contributed by atoms with Crippen LogP contribution in [0, 0.1) is 0 Å². The Morgan fingerprint density at radius 2 is 1.78 bits per heavy atom. The lowest BCUT2D eigenvalue weighted by Crippen LogP contribution is -2.36. The monoisotopic (exact) mass is 434 g/mol. The Hall–Kier alpha value is -3.52. The number of carbonyl (C=O) groups is 2. The lowest BCUT2D eigenvalue weighted by atomic mass is 10.1. The second kappa shape index (κ2) is 10.2. The van der Waals surface area contributed by atoms with Crippen molar-refractivity contribution in [3.8, 4) is 5.75 Å². The van der Waals surface area contributed by atoms with Gasteiger partial charge < -0.3 is 14.9 Å². The van der Waals surface area contributed by atoms with E-state index in [1.54, 1.807) is 36.4 Å². The van der Waals surface area contributed by atoms with Gasteiger partial charge in [-0.3, -0.25) is 14.5 Å². The first-order valence-electron chi connectivity index (χ1n) is 10.7. The molecule has 4 rings (SSSR count). The van der Waals surface area contributed by atoms with Crippen LogP contribution in [0.15, 0.2) is 58.7 Å². The van der Waals surface area contributed by atoms with Crippen molar-refractivity contribution >= 4 is 24.4 Å². The smallest absolute Gasteiger partial charge is 0.261 e. The van der Waals surface area contributed by atoms with Crippen LogP contribution in [0.4, 0.5) is 0 Å². The average Bonchev–Trinajstić information content (AvgIpc) is 3.07. The highest BCUT2D eigenvalue weighted by molar-refractivity contribution is 6.21. The summed E-state index contributed by atoms with van der Waals surface area (Å²) in [6, 6.07) is 14.4. The van der Waals surface area contributed by atoms with Crippen LogP contribution in [0.5, 0.6) is 5.75 Å². The number of hydrogen-bond donors (Lipinski definition) is 1. The van der Waals surface area contributed by atoms with Gasteiger partial charge in [0.15, 0.2) is 6.61 Å². The molecule has 8 heteroatoms. The third-order valence-corrected chi connectivity index (χ3v) is 5.57. The van der Waals surface area contributed by atoms with E-state index in [1.807, 2.05) is 12.1 Å². The number of nitrogens with zero attached hydrogens (tertiary/aromatic N) is 3. The molecule has 166 valence electrons. The predicted octanol–water partition coefficient (Wildman–Crippen LogP) is 3.03. The fourth-order valence-electron chi connectivity index (χ4n) is 3.87. The third-order valence-electron chi connectivity index (χ3n) is 5.57. The molecule has 2 heterocycles. The molecular weight excluding hydrogens is 408 g/mol. The highest BCUT2D eigenvalue weighted by atomic mass is 16.6. The molecule has 2 aromatic rings. The van der Waals surface area contributed by atoms with Crippen molar-refractivity contribution in [2.45, 2.75) is 31.8 Å². The first-order valence-corrected chi connectivity index (χ1v) is 10.7. The molecule has 1 fully saturated rings. The molecule has 1 saturated heterocycles. The van der Waals surface area contributed by atoms with Crippen LogP contribution in [0.3, 0.4) is 0 Å². The minimum absolute atomic E-state index is 0.128. The molecule has 2 aliphatic heterocycles. The number of aliphatic imine (C=N–C) groups is 1. The van der Waals surface area contributed by atoms with Crippen LogP contribution in [0.1, 0.15) is 45.5 Å². The van der Waals surface area contributed by atoms with E-state index in [2.05, 4.69) is 22.2 Å². The number of oxime groups is 1. The van der Waals surface area contributed by atoms with E-state index in [4.69, 9.17) is 9.57 Å². The van der Waals surface area contributed by atoms with Gasteiger partial charge in [0.2, 0.25) is 0 Å². The minimum Gasteiger partial charge on any atom is -0.484 e. The average molecular weight is 434 g/mol. The predicted molar refractivity (Wildman–Crippen MR) is 121 cm³/mol. The summed E-state index contributed by atoms with van der Waals surface area (Å²) in [6.45, 7) is 5.31. The molecule has 0 spiro atoms. The van der Waals surface area contributed by atoms with Crippen molar-refractivity contribution in [1.29, 1.82) is 0 Å². The Morgan fingerprint density at radius 1 is 1.06 bits per heavy atom. The molecule has 0 radical (unpaired) electrons. The van der Waals surface area contributed by atoms with Crippen LogP contribution in [-0.4, -0.2) is 55.1 Å². The fraction of sp³-hybridized carbons (Fsp3) is 0.333. The van der Waals surface area contributed by atoms with Gasteiger partial charge in [0.25, 0.3) is 17.7 Å². The number of carbonyl (C=O) groups excluding carboxylic acids is 2. The number of ether oxygens (including phenoxy) is 1. The SMILES string of the molecule is C=NOC(COc1ccc(CN2C(=O)c3ccccc3C2=O)cc1)=NCC1CCCCN1. The van der Waals surface area contributed by atoms with E-state index < -0.39 is 0 Å². The van der Waals surface area contributed by atoms with E-state index >= 15 is 0 Å². The number of rotatable bonds is 8. The highest BCUT2D eigenvalue weighted by Crippen LogP contribution is 2.24. The number of benzene rings is 2. The molecule has 0 aromatic heterocycles. The highest BCUT2D eigenvalue weighted by Gasteiger charge is 2.34. The molecule has 0 bridgehead atoms. The van der Waals surface area contributed by atoms with Crippen LogP contribution >= 0.6 is 0 Å². The number of nitrogens with one attached hydrogen (secondary N) is 1. The zero-order valence-corrected chi connectivity index (χ0v) is 17.8. The van der Waals surface area contributed by atoms with Crippen LogP contribution < -0.4 is 10.1 Å². The van der Waals surface area contributed by atoms with Gasteiger partial charge in [-0.25, -0.2) is 4.99 Å². The van der Waals surface area contributed by atoms with Crippen LogP contribution in [0.2, 0.25) is 0 Å². The van der Waals surface area contributed by atoms with Crippen LogP contribution in [-0.2, 0) is 11.4 Å². The van der Waals surface area contributed by atoms with Gasteiger partial charge in [-0.05, 0) is 49.2 Å². The van der Waals surface area contributed by atoms with Crippen molar-refractivity contribution in [1.82, 2.24) is 10.2 Å². The summed E-state index contributed by atoms with van der Waals surface area (Å²) in [5.74, 6) is 0.441. The van der Waals surface area contributed by atoms with E-state index in [0.29, 0.717) is 35.4 Å². The normalized spacial score (nSPS) is 18.4. The molecule has 2 aliphatic rings. The molecule has 1 unspecified atom stereocenters. The summed E-state index contributed by atoms with van der Waals surface area (Å²) in [6.07, 6.45) is 3.49. The third kappa shape index (κ3) is 5.03. The zero-order chi connectivity index (χ0) is 22.3. The molecule has 8 nitrogen and oxygen atoms in total. The standard InChI is InChI=1S/C24H26N4O4/c1-25-32-22(27-14-18-6-4-5-13-26-18)16-31-19-11-9-17(10-12-19)15-28-23(29)20-7-2-3-8-21(20)24(28)30/h2-3,7-12,18,26H,1,4-6,13-16H2. The van der Waals surface area contributed by atoms with Gasteiger partial charge in [0.05, 0.1) is 24.2 Å². The molecule has 1 N–H and O–H groups in total. The first-order chi connectivity index (χ1) is 15.7. The van der Waals surface area contributed by atoms with Gasteiger partial charge in [-0.2, -0.15) is 0 Å². The van der Waals surface area contributed by atoms with E-state index in [1.165, 1.54) is 17.7 Å². The summed E-state index contributed by atoms with van der Waals surface area (Å²) < 4.78 is 5.77. The Labute approximate surface area is 186 Å². The van der Waals surface area contributed by atoms with Gasteiger partial charge >= 0.3 is 0 Å². The summed E-state index contributed by atoms with van der Waals surface area (Å²) >= 11 is 0. The maximum Gasteiger partial charge on any atom is 0.261 e. The first kappa shape index (κ1) is 21.7. The second-order valence-corrected chi connectivity index (χ2v) is 7.78. The number of hydrogen-bond acceptors (Lipinski definition) is 7. The second-order valence-electron chi connectivity index (χ2n) is 7.78. The molecule has 2 aromatic carbocycles. The maximum atomic E-state index is 12.5. The fourth-order valence-corrected chi connectivity index (χ4v) is 3.87. The van der Waals surface area contributed by atoms with Gasteiger partial charge in [-0.15, -0.1) is 0 Å². The number of piperidine rings is 1. The Balaban J connectivity index is 1.33. The van der Waals surface area contributed by atoms with Gasteiger partial charge in [0, 0.05) is 12.8 Å². The molecule has 0 aliphatic carbocycles. The summed E-state index contributed by atoms with van der Waals surface area (Å²) in [4.78, 5) is 35.9. The molecule has 1 atom stereocenters. The zero-order valence-electron chi connectivity index (χ0n) is 17.8. The van der Waals surface area contributed by atoms with Crippen molar-refractivity contribution in [2.75, 3.05) is 19.7 Å². The lowest BCUT2D eigenvalue weighted by molar-refractivity contribution is 0.0642. The molecule has 2 amide bonds. The Bertz CT molecular complexity index is 978. The maximum absolute atomic E-state index is 12.5. The van der Waals surface area contributed by atoms with Crippen molar-refractivity contribution in [3.05, 3.63) is 65.2 Å². The largest absolute Gasteiger partial charge is 0.484 e. The minimum atomic E-state index is -0.270. The lowest BCUT2D eigenvalue weighted by Gasteiger charge is -2.21. The molecule has 32 heavy (non-hydrogen) atoms.